The molecule has 0 aliphatic heterocycles. The zero-order chi connectivity index (χ0) is 18.8. The van der Waals surface area contributed by atoms with Gasteiger partial charge in [0.1, 0.15) is 16.5 Å². The quantitative estimate of drug-likeness (QED) is 0.543. The number of hydrogen-bond acceptors (Lipinski definition) is 6. The minimum atomic E-state index is -0.549. The average molecular weight is 383 g/mol. The summed E-state index contributed by atoms with van der Waals surface area (Å²) in [6.07, 6.45) is 7.18. The van der Waals surface area contributed by atoms with Crippen molar-refractivity contribution in [1.82, 2.24) is 9.97 Å². The Labute approximate surface area is 159 Å². The Morgan fingerprint density at radius 2 is 2.15 bits per heavy atom. The van der Waals surface area contributed by atoms with E-state index in [4.69, 9.17) is 10.5 Å². The van der Waals surface area contributed by atoms with Crippen LogP contribution in [0.4, 0.5) is 10.2 Å². The second-order valence-corrected chi connectivity index (χ2v) is 7.50. The number of anilines is 1. The molecule has 0 atom stereocenters. The largest absolute Gasteiger partial charge is 0.454 e. The summed E-state index contributed by atoms with van der Waals surface area (Å²) in [6.45, 7) is -0.0605. The second kappa shape index (κ2) is 7.44. The lowest BCUT2D eigenvalue weighted by Crippen LogP contribution is -2.06. The first-order valence-corrected chi connectivity index (χ1v) is 9.59. The smallest absolute Gasteiger partial charge is 0.331 e. The van der Waals surface area contributed by atoms with Gasteiger partial charge >= 0.3 is 5.97 Å². The summed E-state index contributed by atoms with van der Waals surface area (Å²) in [5.74, 6) is -0.0831. The van der Waals surface area contributed by atoms with Gasteiger partial charge in [-0.05, 0) is 55.0 Å². The zero-order valence-corrected chi connectivity index (χ0v) is 15.4. The Morgan fingerprint density at radius 3 is 3.00 bits per heavy atom. The number of thiophene rings is 1. The molecule has 0 fully saturated rings. The van der Waals surface area contributed by atoms with Crippen molar-refractivity contribution in [3.8, 4) is 0 Å². The van der Waals surface area contributed by atoms with Crippen molar-refractivity contribution >= 4 is 39.4 Å². The summed E-state index contributed by atoms with van der Waals surface area (Å²) < 4.78 is 18.3. The number of aromatic nitrogens is 2. The van der Waals surface area contributed by atoms with Crippen molar-refractivity contribution in [2.24, 2.45) is 0 Å². The molecule has 0 unspecified atom stereocenters. The summed E-state index contributed by atoms with van der Waals surface area (Å²) in [5.41, 5.74) is 8.01. The fourth-order valence-corrected chi connectivity index (χ4v) is 4.54. The molecule has 2 heterocycles. The Balaban J connectivity index is 1.46. The van der Waals surface area contributed by atoms with Gasteiger partial charge in [-0.3, -0.25) is 0 Å². The number of carbonyl (C=O) groups excluding carboxylic acids is 1. The number of nitrogens with zero attached hydrogens (tertiary/aromatic N) is 2. The number of halogens is 1. The van der Waals surface area contributed by atoms with Crippen LogP contribution >= 0.6 is 11.3 Å². The standard InChI is InChI=1S/C20H18FN3O2S/c21-13-5-3-4-12(10-13)8-9-17(25)26-11-16-23-19(22)18-14-6-1-2-7-15(14)27-20(18)24-16/h3-5,8-10H,1-2,6-7,11H2,(H2,22,23,24)/b9-8+. The van der Waals surface area contributed by atoms with Crippen LogP contribution in [0.1, 0.15) is 34.7 Å². The third kappa shape index (κ3) is 3.83. The molecule has 5 nitrogen and oxygen atoms in total. The summed E-state index contributed by atoms with van der Waals surface area (Å²) in [4.78, 5) is 22.9. The summed E-state index contributed by atoms with van der Waals surface area (Å²) in [5, 5.41) is 0.954. The van der Waals surface area contributed by atoms with Crippen molar-refractivity contribution in [2.75, 3.05) is 5.73 Å². The molecule has 138 valence electrons. The van der Waals surface area contributed by atoms with Crippen LogP contribution in [-0.2, 0) is 29.0 Å². The van der Waals surface area contributed by atoms with Crippen molar-refractivity contribution in [1.29, 1.82) is 0 Å². The molecule has 2 N–H and O–H groups in total. The van der Waals surface area contributed by atoms with Gasteiger partial charge in [0, 0.05) is 11.0 Å². The Bertz CT molecular complexity index is 1050. The van der Waals surface area contributed by atoms with Gasteiger partial charge in [0.25, 0.3) is 0 Å². The third-order valence-electron chi connectivity index (χ3n) is 4.49. The summed E-state index contributed by atoms with van der Waals surface area (Å²) in [6, 6.07) is 5.95. The summed E-state index contributed by atoms with van der Waals surface area (Å²) in [7, 11) is 0. The number of rotatable bonds is 4. The number of aryl methyl sites for hydroxylation is 2. The molecule has 0 spiro atoms. The number of ether oxygens (including phenoxy) is 1. The molecule has 7 heteroatoms. The van der Waals surface area contributed by atoms with Crippen LogP contribution in [0.2, 0.25) is 0 Å². The molecular weight excluding hydrogens is 365 g/mol. The number of esters is 1. The highest BCUT2D eigenvalue weighted by molar-refractivity contribution is 7.19. The maximum Gasteiger partial charge on any atom is 0.331 e. The van der Waals surface area contributed by atoms with E-state index < -0.39 is 5.97 Å². The zero-order valence-electron chi connectivity index (χ0n) is 14.6. The Kier molecular flexibility index (Phi) is 4.85. The lowest BCUT2D eigenvalue weighted by atomic mass is 9.97. The fraction of sp³-hybridized carbons (Fsp3) is 0.250. The predicted octanol–water partition coefficient (Wildman–Crippen LogP) is 4.05. The van der Waals surface area contributed by atoms with Crippen LogP contribution in [0.25, 0.3) is 16.3 Å². The highest BCUT2D eigenvalue weighted by Gasteiger charge is 2.20. The molecule has 4 rings (SSSR count). The van der Waals surface area contributed by atoms with E-state index >= 15 is 0 Å². The summed E-state index contributed by atoms with van der Waals surface area (Å²) >= 11 is 1.65. The van der Waals surface area contributed by atoms with Crippen molar-refractivity contribution in [2.45, 2.75) is 32.3 Å². The number of fused-ring (bicyclic) bond motifs is 3. The molecule has 1 aliphatic carbocycles. The molecule has 0 bridgehead atoms. The lowest BCUT2D eigenvalue weighted by Gasteiger charge is -2.10. The van der Waals surface area contributed by atoms with E-state index in [0.717, 1.165) is 29.5 Å². The fourth-order valence-electron chi connectivity index (χ4n) is 3.25. The molecule has 0 saturated carbocycles. The van der Waals surface area contributed by atoms with Crippen LogP contribution in [0.15, 0.2) is 30.3 Å². The minimum Gasteiger partial charge on any atom is -0.454 e. The Morgan fingerprint density at radius 1 is 1.30 bits per heavy atom. The van der Waals surface area contributed by atoms with E-state index in [0.29, 0.717) is 17.2 Å². The first-order valence-electron chi connectivity index (χ1n) is 8.77. The van der Waals surface area contributed by atoms with Crippen LogP contribution in [0.5, 0.6) is 0 Å². The molecule has 3 aromatic rings. The maximum atomic E-state index is 13.1. The van der Waals surface area contributed by atoms with E-state index in [-0.39, 0.29) is 12.4 Å². The second-order valence-electron chi connectivity index (χ2n) is 6.41. The van der Waals surface area contributed by atoms with Gasteiger partial charge in [-0.15, -0.1) is 11.3 Å². The van der Waals surface area contributed by atoms with Gasteiger partial charge in [0.2, 0.25) is 0 Å². The van der Waals surface area contributed by atoms with Gasteiger partial charge in [-0.2, -0.15) is 0 Å². The van der Waals surface area contributed by atoms with Gasteiger partial charge in [0.05, 0.1) is 5.39 Å². The maximum absolute atomic E-state index is 13.1. The van der Waals surface area contributed by atoms with Gasteiger partial charge in [-0.25, -0.2) is 19.2 Å². The molecule has 0 amide bonds. The van der Waals surface area contributed by atoms with Crippen molar-refractivity contribution < 1.29 is 13.9 Å². The number of carbonyl (C=O) groups is 1. The predicted molar refractivity (Wildman–Crippen MR) is 104 cm³/mol. The number of nitrogen functional groups attached to an aromatic ring is 1. The van der Waals surface area contributed by atoms with E-state index in [9.17, 15) is 9.18 Å². The number of nitrogens with two attached hydrogens (primary N) is 1. The van der Waals surface area contributed by atoms with E-state index in [2.05, 4.69) is 9.97 Å². The molecular formula is C20H18FN3O2S. The third-order valence-corrected chi connectivity index (χ3v) is 5.68. The van der Waals surface area contributed by atoms with Crippen LogP contribution < -0.4 is 5.73 Å². The monoisotopic (exact) mass is 383 g/mol. The van der Waals surface area contributed by atoms with Crippen molar-refractivity contribution in [3.63, 3.8) is 0 Å². The van der Waals surface area contributed by atoms with Gasteiger partial charge in [0.15, 0.2) is 12.4 Å². The van der Waals surface area contributed by atoms with Gasteiger partial charge < -0.3 is 10.5 Å². The first kappa shape index (κ1) is 17.6. The van der Waals surface area contributed by atoms with Crippen LogP contribution in [-0.4, -0.2) is 15.9 Å². The molecule has 1 aromatic carbocycles. The highest BCUT2D eigenvalue weighted by Crippen LogP contribution is 2.37. The molecule has 0 radical (unpaired) electrons. The molecule has 2 aromatic heterocycles. The van der Waals surface area contributed by atoms with E-state index in [1.807, 2.05) is 0 Å². The van der Waals surface area contributed by atoms with E-state index in [1.165, 1.54) is 41.1 Å². The van der Waals surface area contributed by atoms with Crippen molar-refractivity contribution in [3.05, 3.63) is 58.0 Å². The molecule has 27 heavy (non-hydrogen) atoms. The molecule has 0 saturated heterocycles. The minimum absolute atomic E-state index is 0.0605. The SMILES string of the molecule is Nc1nc(COC(=O)/C=C/c2cccc(F)c2)nc2sc3c(c12)CCCC3. The Hall–Kier alpha value is -2.80. The average Bonchev–Trinajstić information content (AvgIpc) is 3.03. The normalized spacial score (nSPS) is 13.8. The first-order chi connectivity index (χ1) is 13.1. The van der Waals surface area contributed by atoms with E-state index in [1.54, 1.807) is 23.5 Å². The number of benzene rings is 1. The highest BCUT2D eigenvalue weighted by atomic mass is 32.1. The number of hydrogen-bond donors (Lipinski definition) is 1. The van der Waals surface area contributed by atoms with Gasteiger partial charge in [-0.1, -0.05) is 12.1 Å². The van der Waals surface area contributed by atoms with Crippen LogP contribution in [0, 0.1) is 5.82 Å². The molecule has 1 aliphatic rings. The topological polar surface area (TPSA) is 78.1 Å². The lowest BCUT2D eigenvalue weighted by molar-refractivity contribution is -0.139. The van der Waals surface area contributed by atoms with Crippen LogP contribution in [0.3, 0.4) is 0 Å².